The average molecular weight is 372 g/mol. The average Bonchev–Trinajstić information content (AvgIpc) is 2.67. The van der Waals surface area contributed by atoms with Gasteiger partial charge in [-0.3, -0.25) is 0 Å². The summed E-state index contributed by atoms with van der Waals surface area (Å²) in [6.07, 6.45) is 0. The van der Waals surface area contributed by atoms with Gasteiger partial charge in [-0.25, -0.2) is 9.37 Å². The highest BCUT2D eigenvalue weighted by molar-refractivity contribution is 5.91. The molecule has 0 unspecified atom stereocenters. The monoisotopic (exact) mass is 372 g/mol. The van der Waals surface area contributed by atoms with E-state index < -0.39 is 5.82 Å². The Bertz CT molecular complexity index is 981. The van der Waals surface area contributed by atoms with Gasteiger partial charge in [0.2, 0.25) is 5.95 Å². The summed E-state index contributed by atoms with van der Waals surface area (Å²) in [4.78, 5) is 10.7. The minimum absolute atomic E-state index is 0.202. The van der Waals surface area contributed by atoms with Gasteiger partial charge >= 0.3 is 0 Å². The van der Waals surface area contributed by atoms with E-state index in [1.807, 2.05) is 7.05 Å². The topological polar surface area (TPSA) is 82.7 Å². The van der Waals surface area contributed by atoms with E-state index in [9.17, 15) is 4.39 Å². The Morgan fingerprint density at radius 3 is 2.26 bits per heavy atom. The standard InChI is InChI=1S/C19H21FN4O3/c1-24(10-11-5-6-15(25-2)13(20)7-11)19-22-14-9-17(27-4)16(26-3)8-12(14)18(21)23-19/h5-9H,10H2,1-4H3,(H2,21,22,23). The Kier molecular flexibility index (Phi) is 5.16. The van der Waals surface area contributed by atoms with Crippen LogP contribution in [-0.4, -0.2) is 38.3 Å². The van der Waals surface area contributed by atoms with E-state index in [4.69, 9.17) is 19.9 Å². The molecule has 8 heteroatoms. The molecule has 2 aromatic carbocycles. The smallest absolute Gasteiger partial charge is 0.227 e. The van der Waals surface area contributed by atoms with Gasteiger partial charge in [-0.2, -0.15) is 4.98 Å². The van der Waals surface area contributed by atoms with Crippen molar-refractivity contribution in [1.29, 1.82) is 0 Å². The van der Waals surface area contributed by atoms with E-state index in [0.717, 1.165) is 5.56 Å². The van der Waals surface area contributed by atoms with Crippen molar-refractivity contribution in [3.8, 4) is 17.2 Å². The number of hydrogen-bond acceptors (Lipinski definition) is 7. The first-order valence-electron chi connectivity index (χ1n) is 8.19. The Morgan fingerprint density at radius 2 is 1.63 bits per heavy atom. The predicted octanol–water partition coefficient (Wildman–Crippen LogP) is 3.01. The molecule has 3 rings (SSSR count). The highest BCUT2D eigenvalue weighted by Gasteiger charge is 2.14. The van der Waals surface area contributed by atoms with E-state index in [-0.39, 0.29) is 5.75 Å². The van der Waals surface area contributed by atoms with Crippen molar-refractivity contribution in [3.63, 3.8) is 0 Å². The first-order valence-corrected chi connectivity index (χ1v) is 8.19. The molecule has 3 aromatic rings. The number of aromatic nitrogens is 2. The molecule has 27 heavy (non-hydrogen) atoms. The van der Waals surface area contributed by atoms with Gasteiger partial charge in [0.1, 0.15) is 5.82 Å². The number of nitrogen functional groups attached to an aromatic ring is 1. The molecular weight excluding hydrogens is 351 g/mol. The second-order valence-electron chi connectivity index (χ2n) is 5.96. The lowest BCUT2D eigenvalue weighted by molar-refractivity contribution is 0.356. The van der Waals surface area contributed by atoms with Crippen molar-refractivity contribution in [2.45, 2.75) is 6.54 Å². The van der Waals surface area contributed by atoms with Gasteiger partial charge in [-0.15, -0.1) is 0 Å². The van der Waals surface area contributed by atoms with Crippen LogP contribution >= 0.6 is 0 Å². The molecule has 0 aliphatic rings. The lowest BCUT2D eigenvalue weighted by atomic mass is 10.2. The normalized spacial score (nSPS) is 10.7. The molecule has 0 bridgehead atoms. The van der Waals surface area contributed by atoms with Gasteiger partial charge in [-0.05, 0) is 23.8 Å². The third-order valence-electron chi connectivity index (χ3n) is 4.20. The van der Waals surface area contributed by atoms with Crippen molar-refractivity contribution < 1.29 is 18.6 Å². The third-order valence-corrected chi connectivity index (χ3v) is 4.20. The minimum atomic E-state index is -0.417. The molecule has 0 atom stereocenters. The Morgan fingerprint density at radius 1 is 0.963 bits per heavy atom. The molecule has 7 nitrogen and oxygen atoms in total. The largest absolute Gasteiger partial charge is 0.494 e. The Balaban J connectivity index is 1.94. The molecule has 0 saturated carbocycles. The van der Waals surface area contributed by atoms with Crippen LogP contribution in [0.3, 0.4) is 0 Å². The van der Waals surface area contributed by atoms with Gasteiger partial charge in [0, 0.05) is 25.0 Å². The summed E-state index contributed by atoms with van der Waals surface area (Å²) in [5.74, 6) is 1.63. The van der Waals surface area contributed by atoms with Crippen LogP contribution in [0.1, 0.15) is 5.56 Å². The lowest BCUT2D eigenvalue weighted by Gasteiger charge is -2.19. The number of ether oxygens (including phenoxy) is 3. The highest BCUT2D eigenvalue weighted by Crippen LogP contribution is 2.34. The highest BCUT2D eigenvalue weighted by atomic mass is 19.1. The van der Waals surface area contributed by atoms with Crippen LogP contribution in [0.2, 0.25) is 0 Å². The minimum Gasteiger partial charge on any atom is -0.494 e. The molecule has 0 aliphatic carbocycles. The lowest BCUT2D eigenvalue weighted by Crippen LogP contribution is -2.20. The molecule has 0 spiro atoms. The first kappa shape index (κ1) is 18.5. The van der Waals surface area contributed by atoms with Crippen molar-refractivity contribution in [2.75, 3.05) is 39.0 Å². The van der Waals surface area contributed by atoms with Gasteiger partial charge in [0.15, 0.2) is 23.1 Å². The van der Waals surface area contributed by atoms with Crippen LogP contribution in [0, 0.1) is 5.82 Å². The second kappa shape index (κ2) is 7.53. The van der Waals surface area contributed by atoms with Gasteiger partial charge < -0.3 is 24.8 Å². The number of benzene rings is 2. The number of halogens is 1. The summed E-state index contributed by atoms with van der Waals surface area (Å²) >= 11 is 0. The molecule has 1 heterocycles. The van der Waals surface area contributed by atoms with Crippen LogP contribution < -0.4 is 24.8 Å². The second-order valence-corrected chi connectivity index (χ2v) is 5.96. The fraction of sp³-hybridized carbons (Fsp3) is 0.263. The number of anilines is 2. The van der Waals surface area contributed by atoms with Crippen molar-refractivity contribution in [3.05, 3.63) is 41.7 Å². The zero-order chi connectivity index (χ0) is 19.6. The maximum absolute atomic E-state index is 13.9. The number of nitrogens with two attached hydrogens (primary N) is 1. The van der Waals surface area contributed by atoms with Crippen LogP contribution in [0.25, 0.3) is 10.9 Å². The number of nitrogens with zero attached hydrogens (tertiary/aromatic N) is 3. The maximum Gasteiger partial charge on any atom is 0.227 e. The van der Waals surface area contributed by atoms with Crippen LogP contribution in [-0.2, 0) is 6.54 Å². The molecule has 142 valence electrons. The summed E-state index contributed by atoms with van der Waals surface area (Å²) in [6, 6.07) is 8.29. The molecule has 0 fully saturated rings. The molecule has 0 aliphatic heterocycles. The number of fused-ring (bicyclic) bond motifs is 1. The molecule has 0 radical (unpaired) electrons. The van der Waals surface area contributed by atoms with Crippen molar-refractivity contribution in [1.82, 2.24) is 9.97 Å². The Labute approximate surface area is 156 Å². The van der Waals surface area contributed by atoms with E-state index in [1.54, 1.807) is 43.4 Å². The summed E-state index contributed by atoms with van der Waals surface area (Å²) in [7, 11) is 6.35. The van der Waals surface area contributed by atoms with Crippen molar-refractivity contribution >= 4 is 22.7 Å². The summed E-state index contributed by atoms with van der Waals surface area (Å²) < 4.78 is 29.5. The molecule has 1 aromatic heterocycles. The number of rotatable bonds is 6. The molecule has 2 N–H and O–H groups in total. The zero-order valence-corrected chi connectivity index (χ0v) is 15.6. The molecule has 0 saturated heterocycles. The summed E-state index contributed by atoms with van der Waals surface area (Å²) in [5.41, 5.74) is 7.50. The van der Waals surface area contributed by atoms with Gasteiger partial charge in [-0.1, -0.05) is 6.07 Å². The molecular formula is C19H21FN4O3. The fourth-order valence-electron chi connectivity index (χ4n) is 2.79. The molecule has 0 amide bonds. The van der Waals surface area contributed by atoms with Crippen molar-refractivity contribution in [2.24, 2.45) is 0 Å². The quantitative estimate of drug-likeness (QED) is 0.712. The fourth-order valence-corrected chi connectivity index (χ4v) is 2.79. The maximum atomic E-state index is 13.9. The van der Waals surface area contributed by atoms with Gasteiger partial charge in [0.25, 0.3) is 0 Å². The SMILES string of the molecule is COc1ccc(CN(C)c2nc(N)c3cc(OC)c(OC)cc3n2)cc1F. The first-order chi connectivity index (χ1) is 13.0. The summed E-state index contributed by atoms with van der Waals surface area (Å²) in [5, 5.41) is 0.667. The van der Waals surface area contributed by atoms with Crippen LogP contribution in [0.15, 0.2) is 30.3 Å². The number of methoxy groups -OCH3 is 3. The van der Waals surface area contributed by atoms with Gasteiger partial charge in [0.05, 0.1) is 26.8 Å². The van der Waals surface area contributed by atoms with Crippen LogP contribution in [0.5, 0.6) is 17.2 Å². The predicted molar refractivity (Wildman–Crippen MR) is 102 cm³/mol. The van der Waals surface area contributed by atoms with E-state index in [0.29, 0.717) is 40.7 Å². The van der Waals surface area contributed by atoms with Crippen LogP contribution in [0.4, 0.5) is 16.2 Å². The van der Waals surface area contributed by atoms with E-state index in [1.165, 1.54) is 13.2 Å². The summed E-state index contributed by atoms with van der Waals surface area (Å²) in [6.45, 7) is 0.402. The number of hydrogen-bond donors (Lipinski definition) is 1. The third kappa shape index (κ3) is 3.64. The zero-order valence-electron chi connectivity index (χ0n) is 15.6. The van der Waals surface area contributed by atoms with E-state index in [2.05, 4.69) is 9.97 Å². The Hall–Kier alpha value is -3.29. The van der Waals surface area contributed by atoms with E-state index >= 15 is 0 Å².